The number of nitrogens with one attached hydrogen (secondary N) is 1. The third-order valence-electron chi connectivity index (χ3n) is 1.98. The molecule has 92 valence electrons. The number of terminal acetylenes is 1. The number of sulfonamides is 1. The number of halogens is 1. The first-order valence-electron chi connectivity index (χ1n) is 4.78. The first-order chi connectivity index (χ1) is 8.01. The molecule has 0 unspecified atom stereocenters. The standard InChI is InChI=1S/C11H12BrNO3S/c1-3-4-7-13-17(14,15)11-8-9(12)5-6-10(11)16-2/h1,5-6,8,13H,4,7H2,2H3. The zero-order valence-electron chi connectivity index (χ0n) is 9.23. The molecule has 0 saturated heterocycles. The third kappa shape index (κ3) is 3.73. The van der Waals surface area contributed by atoms with E-state index in [0.29, 0.717) is 16.6 Å². The van der Waals surface area contributed by atoms with Crippen molar-refractivity contribution in [2.24, 2.45) is 0 Å². The molecule has 0 bridgehead atoms. The van der Waals surface area contributed by atoms with Gasteiger partial charge in [-0.05, 0) is 18.2 Å². The summed E-state index contributed by atoms with van der Waals surface area (Å²) >= 11 is 3.22. The summed E-state index contributed by atoms with van der Waals surface area (Å²) in [4.78, 5) is 0.0893. The van der Waals surface area contributed by atoms with Crippen LogP contribution in [0.25, 0.3) is 0 Å². The Bertz CT molecular complexity index is 534. The van der Waals surface area contributed by atoms with Crippen molar-refractivity contribution in [2.75, 3.05) is 13.7 Å². The van der Waals surface area contributed by atoms with Crippen LogP contribution in [0, 0.1) is 12.3 Å². The molecule has 0 amide bonds. The molecule has 0 heterocycles. The average molecular weight is 318 g/mol. The molecule has 17 heavy (non-hydrogen) atoms. The normalized spacial score (nSPS) is 10.9. The van der Waals surface area contributed by atoms with Crippen molar-refractivity contribution in [3.63, 3.8) is 0 Å². The highest BCUT2D eigenvalue weighted by Crippen LogP contribution is 2.26. The van der Waals surface area contributed by atoms with Crippen LogP contribution in [-0.2, 0) is 10.0 Å². The number of hydrogen-bond acceptors (Lipinski definition) is 3. The first-order valence-corrected chi connectivity index (χ1v) is 7.05. The molecule has 0 aromatic heterocycles. The van der Waals surface area contributed by atoms with E-state index < -0.39 is 10.0 Å². The van der Waals surface area contributed by atoms with Gasteiger partial charge in [0.25, 0.3) is 0 Å². The summed E-state index contributed by atoms with van der Waals surface area (Å²) in [5.41, 5.74) is 0. The number of methoxy groups -OCH3 is 1. The summed E-state index contributed by atoms with van der Waals surface area (Å²) in [5, 5.41) is 0. The molecule has 0 aliphatic heterocycles. The maximum Gasteiger partial charge on any atom is 0.244 e. The molecule has 0 fully saturated rings. The molecule has 1 rings (SSSR count). The maximum atomic E-state index is 12.0. The van der Waals surface area contributed by atoms with Crippen LogP contribution < -0.4 is 9.46 Å². The number of ether oxygens (including phenoxy) is 1. The van der Waals surface area contributed by atoms with E-state index in [1.54, 1.807) is 12.1 Å². The summed E-state index contributed by atoms with van der Waals surface area (Å²) in [5.74, 6) is 2.66. The molecule has 0 aliphatic rings. The largest absolute Gasteiger partial charge is 0.495 e. The second-order valence-corrected chi connectivity index (χ2v) is 5.80. The number of rotatable bonds is 5. The highest BCUT2D eigenvalue weighted by molar-refractivity contribution is 9.10. The SMILES string of the molecule is C#CCCNS(=O)(=O)c1cc(Br)ccc1OC. The van der Waals surface area contributed by atoms with Crippen molar-refractivity contribution in [3.05, 3.63) is 22.7 Å². The third-order valence-corrected chi connectivity index (χ3v) is 3.95. The topological polar surface area (TPSA) is 55.4 Å². The predicted octanol–water partition coefficient (Wildman–Crippen LogP) is 1.76. The molecule has 1 N–H and O–H groups in total. The van der Waals surface area contributed by atoms with Gasteiger partial charge < -0.3 is 4.74 Å². The Morgan fingerprint density at radius 3 is 2.82 bits per heavy atom. The van der Waals surface area contributed by atoms with Crippen LogP contribution in [0.3, 0.4) is 0 Å². The molecule has 1 aromatic carbocycles. The predicted molar refractivity (Wildman–Crippen MR) is 69.3 cm³/mol. The van der Waals surface area contributed by atoms with Crippen LogP contribution in [-0.4, -0.2) is 22.1 Å². The van der Waals surface area contributed by atoms with Gasteiger partial charge in [-0.25, -0.2) is 13.1 Å². The summed E-state index contributed by atoms with van der Waals surface area (Å²) in [7, 11) is -2.18. The van der Waals surface area contributed by atoms with Crippen molar-refractivity contribution in [3.8, 4) is 18.1 Å². The van der Waals surface area contributed by atoms with Gasteiger partial charge >= 0.3 is 0 Å². The van der Waals surface area contributed by atoms with Crippen LogP contribution in [0.5, 0.6) is 5.75 Å². The second kappa shape index (κ2) is 6.05. The van der Waals surface area contributed by atoms with Gasteiger partial charge in [0.1, 0.15) is 10.6 Å². The van der Waals surface area contributed by atoms with Crippen LogP contribution in [0.1, 0.15) is 6.42 Å². The van der Waals surface area contributed by atoms with Crippen molar-refractivity contribution >= 4 is 26.0 Å². The van der Waals surface area contributed by atoms with Gasteiger partial charge in [0.05, 0.1) is 7.11 Å². The molecule has 4 nitrogen and oxygen atoms in total. The van der Waals surface area contributed by atoms with E-state index in [-0.39, 0.29) is 11.4 Å². The van der Waals surface area contributed by atoms with E-state index >= 15 is 0 Å². The van der Waals surface area contributed by atoms with E-state index in [9.17, 15) is 8.42 Å². The van der Waals surface area contributed by atoms with Gasteiger partial charge in [0.2, 0.25) is 10.0 Å². The number of hydrogen-bond donors (Lipinski definition) is 1. The minimum atomic E-state index is -3.60. The lowest BCUT2D eigenvalue weighted by molar-refractivity contribution is 0.402. The van der Waals surface area contributed by atoms with Gasteiger partial charge in [0.15, 0.2) is 0 Å². The minimum absolute atomic E-state index is 0.0893. The van der Waals surface area contributed by atoms with Gasteiger partial charge in [-0.1, -0.05) is 15.9 Å². The second-order valence-electron chi connectivity index (χ2n) is 3.15. The Morgan fingerprint density at radius 2 is 2.24 bits per heavy atom. The molecule has 0 radical (unpaired) electrons. The lowest BCUT2D eigenvalue weighted by Crippen LogP contribution is -2.25. The molecule has 0 spiro atoms. The highest BCUT2D eigenvalue weighted by Gasteiger charge is 2.18. The lowest BCUT2D eigenvalue weighted by atomic mass is 10.3. The van der Waals surface area contributed by atoms with E-state index in [4.69, 9.17) is 11.2 Å². The van der Waals surface area contributed by atoms with Crippen LogP contribution in [0.4, 0.5) is 0 Å². The van der Waals surface area contributed by atoms with Crippen LogP contribution in [0.2, 0.25) is 0 Å². The monoisotopic (exact) mass is 317 g/mol. The van der Waals surface area contributed by atoms with E-state index in [1.165, 1.54) is 13.2 Å². The summed E-state index contributed by atoms with van der Waals surface area (Å²) in [6.45, 7) is 0.203. The lowest BCUT2D eigenvalue weighted by Gasteiger charge is -2.10. The van der Waals surface area contributed by atoms with Crippen molar-refractivity contribution in [1.82, 2.24) is 4.72 Å². The van der Waals surface area contributed by atoms with Crippen molar-refractivity contribution in [1.29, 1.82) is 0 Å². The molecule has 6 heteroatoms. The Morgan fingerprint density at radius 1 is 1.53 bits per heavy atom. The minimum Gasteiger partial charge on any atom is -0.495 e. The summed E-state index contributed by atoms with van der Waals surface area (Å²) < 4.78 is 32.0. The molecular weight excluding hydrogens is 306 g/mol. The fourth-order valence-corrected chi connectivity index (χ4v) is 2.93. The molecule has 1 aromatic rings. The van der Waals surface area contributed by atoms with Crippen LogP contribution >= 0.6 is 15.9 Å². The molecule has 0 atom stereocenters. The Hall–Kier alpha value is -1.03. The Kier molecular flexibility index (Phi) is 5.00. The van der Waals surface area contributed by atoms with E-state index in [1.807, 2.05) is 0 Å². The fraction of sp³-hybridized carbons (Fsp3) is 0.273. The van der Waals surface area contributed by atoms with Crippen molar-refractivity contribution < 1.29 is 13.2 Å². The maximum absolute atomic E-state index is 12.0. The van der Waals surface area contributed by atoms with E-state index in [0.717, 1.165) is 0 Å². The average Bonchev–Trinajstić information content (AvgIpc) is 2.29. The van der Waals surface area contributed by atoms with Gasteiger partial charge in [-0.3, -0.25) is 0 Å². The number of benzene rings is 1. The summed E-state index contributed by atoms with van der Waals surface area (Å²) in [6, 6.07) is 4.77. The quantitative estimate of drug-likeness (QED) is 0.665. The summed E-state index contributed by atoms with van der Waals surface area (Å²) in [6.07, 6.45) is 5.40. The van der Waals surface area contributed by atoms with Gasteiger partial charge in [-0.2, -0.15) is 0 Å². The Balaban J connectivity index is 3.05. The molecule has 0 aliphatic carbocycles. The first kappa shape index (κ1) is 14.0. The fourth-order valence-electron chi connectivity index (χ4n) is 1.20. The molecule has 0 saturated carbocycles. The van der Waals surface area contributed by atoms with Crippen LogP contribution in [0.15, 0.2) is 27.6 Å². The van der Waals surface area contributed by atoms with Gasteiger partial charge in [0, 0.05) is 17.4 Å². The zero-order chi connectivity index (χ0) is 12.9. The highest BCUT2D eigenvalue weighted by atomic mass is 79.9. The molecular formula is C11H12BrNO3S. The van der Waals surface area contributed by atoms with E-state index in [2.05, 4.69) is 26.6 Å². The zero-order valence-corrected chi connectivity index (χ0v) is 11.6. The van der Waals surface area contributed by atoms with Crippen molar-refractivity contribution in [2.45, 2.75) is 11.3 Å². The smallest absolute Gasteiger partial charge is 0.244 e. The van der Waals surface area contributed by atoms with Gasteiger partial charge in [-0.15, -0.1) is 12.3 Å². The Labute approximate surface area is 110 Å².